The van der Waals surface area contributed by atoms with Gasteiger partial charge in [0.15, 0.2) is 0 Å². The molecule has 1 N–H and O–H groups in total. The number of hydrogen-bond donors (Lipinski definition) is 1. The van der Waals surface area contributed by atoms with Gasteiger partial charge in [-0.05, 0) is 35.4 Å². The van der Waals surface area contributed by atoms with Gasteiger partial charge in [0.05, 0.1) is 16.5 Å². The molecule has 6 heteroatoms. The highest BCUT2D eigenvalue weighted by Crippen LogP contribution is 2.24. The molecule has 0 atom stereocenters. The Hall–Kier alpha value is -1.23. The molecule has 122 valence electrons. The van der Waals surface area contributed by atoms with Gasteiger partial charge in [-0.2, -0.15) is 11.8 Å². The maximum atomic E-state index is 12.8. The molecule has 0 aliphatic rings. The first-order valence-corrected chi connectivity index (χ1v) is 8.98. The van der Waals surface area contributed by atoms with Crippen LogP contribution in [0.25, 0.3) is 0 Å². The van der Waals surface area contributed by atoms with Crippen LogP contribution in [0.5, 0.6) is 0 Å². The molecule has 23 heavy (non-hydrogen) atoms. The number of halogens is 3. The van der Waals surface area contributed by atoms with Crippen LogP contribution in [0, 0.1) is 5.82 Å². The molecule has 0 bridgehead atoms. The number of benzene rings is 2. The average molecular weight is 372 g/mol. The molecule has 0 radical (unpaired) electrons. The molecule has 0 saturated carbocycles. The minimum atomic E-state index is -0.298. The van der Waals surface area contributed by atoms with Gasteiger partial charge in [0, 0.05) is 18.1 Å². The van der Waals surface area contributed by atoms with E-state index in [2.05, 4.69) is 5.32 Å². The molecule has 0 spiro atoms. The van der Waals surface area contributed by atoms with E-state index < -0.39 is 0 Å². The molecule has 0 aliphatic carbocycles. The molecule has 0 saturated heterocycles. The van der Waals surface area contributed by atoms with Crippen LogP contribution in [-0.4, -0.2) is 18.2 Å². The zero-order valence-corrected chi connectivity index (χ0v) is 14.6. The summed E-state index contributed by atoms with van der Waals surface area (Å²) in [5, 5.41) is 3.95. The van der Waals surface area contributed by atoms with E-state index >= 15 is 0 Å². The van der Waals surface area contributed by atoms with E-state index in [1.54, 1.807) is 30.0 Å². The summed E-state index contributed by atoms with van der Waals surface area (Å²) < 4.78 is 12.8. The Morgan fingerprint density at radius 1 is 1.04 bits per heavy atom. The van der Waals surface area contributed by atoms with Crippen molar-refractivity contribution in [1.82, 2.24) is 5.32 Å². The van der Waals surface area contributed by atoms with Crippen LogP contribution < -0.4 is 5.32 Å². The molecular formula is C17H16Cl2FNOS. The molecule has 2 nitrogen and oxygen atoms in total. The molecule has 0 heterocycles. The summed E-state index contributed by atoms with van der Waals surface area (Å²) in [5.74, 6) is 1.25. The monoisotopic (exact) mass is 371 g/mol. The summed E-state index contributed by atoms with van der Waals surface area (Å²) in [5.41, 5.74) is 1.90. The van der Waals surface area contributed by atoms with Crippen molar-refractivity contribution in [1.29, 1.82) is 0 Å². The van der Waals surface area contributed by atoms with E-state index in [9.17, 15) is 9.18 Å². The van der Waals surface area contributed by atoms with E-state index in [1.807, 2.05) is 12.1 Å². The second-order valence-corrected chi connectivity index (χ2v) is 6.87. The number of rotatable bonds is 7. The Morgan fingerprint density at radius 2 is 1.74 bits per heavy atom. The zero-order chi connectivity index (χ0) is 16.7. The molecule has 0 unspecified atom stereocenters. The van der Waals surface area contributed by atoms with Gasteiger partial charge in [0.1, 0.15) is 5.82 Å². The first-order chi connectivity index (χ1) is 11.0. The molecule has 1 amide bonds. The fraction of sp³-hybridized carbons (Fsp3) is 0.235. The van der Waals surface area contributed by atoms with Gasteiger partial charge in [-0.3, -0.25) is 4.79 Å². The number of carbonyl (C=O) groups is 1. The van der Waals surface area contributed by atoms with Crippen LogP contribution in [0.1, 0.15) is 11.1 Å². The van der Waals surface area contributed by atoms with Crippen molar-refractivity contribution in [3.8, 4) is 0 Å². The third-order valence-electron chi connectivity index (χ3n) is 3.10. The van der Waals surface area contributed by atoms with Crippen LogP contribution in [0.15, 0.2) is 42.5 Å². The first kappa shape index (κ1) is 18.1. The Kier molecular flexibility index (Phi) is 7.21. The van der Waals surface area contributed by atoms with Crippen LogP contribution in [0.4, 0.5) is 4.39 Å². The third kappa shape index (κ3) is 6.42. The summed E-state index contributed by atoms with van der Waals surface area (Å²) in [6, 6.07) is 11.5. The topological polar surface area (TPSA) is 29.1 Å². The van der Waals surface area contributed by atoms with Crippen molar-refractivity contribution in [3.63, 3.8) is 0 Å². The third-order valence-corrected chi connectivity index (χ3v) is 4.87. The second kappa shape index (κ2) is 9.16. The largest absolute Gasteiger partial charge is 0.355 e. The van der Waals surface area contributed by atoms with E-state index in [0.717, 1.165) is 22.6 Å². The van der Waals surface area contributed by atoms with Gasteiger partial charge in [0.25, 0.3) is 0 Å². The SMILES string of the molecule is O=C(Cc1ccc(F)cc1)NCCSCc1ccc(Cl)c(Cl)c1. The van der Waals surface area contributed by atoms with Gasteiger partial charge >= 0.3 is 0 Å². The minimum Gasteiger partial charge on any atom is -0.355 e. The Morgan fingerprint density at radius 3 is 2.43 bits per heavy atom. The van der Waals surface area contributed by atoms with Gasteiger partial charge in [0.2, 0.25) is 5.91 Å². The van der Waals surface area contributed by atoms with Crippen molar-refractivity contribution >= 4 is 40.9 Å². The highest BCUT2D eigenvalue weighted by Gasteiger charge is 2.04. The summed E-state index contributed by atoms with van der Waals surface area (Å²) in [6.45, 7) is 0.589. The lowest BCUT2D eigenvalue weighted by molar-refractivity contribution is -0.120. The number of amides is 1. The van der Waals surface area contributed by atoms with Crippen molar-refractivity contribution in [2.75, 3.05) is 12.3 Å². The van der Waals surface area contributed by atoms with Gasteiger partial charge in [-0.15, -0.1) is 0 Å². The number of nitrogens with one attached hydrogen (secondary N) is 1. The van der Waals surface area contributed by atoms with Crippen molar-refractivity contribution in [2.24, 2.45) is 0 Å². The molecule has 2 aromatic carbocycles. The maximum Gasteiger partial charge on any atom is 0.224 e. The summed E-state index contributed by atoms with van der Waals surface area (Å²) in [4.78, 5) is 11.8. The Balaban J connectivity index is 1.64. The highest BCUT2D eigenvalue weighted by molar-refractivity contribution is 7.98. The summed E-state index contributed by atoms with van der Waals surface area (Å²) in [6.07, 6.45) is 0.262. The predicted molar refractivity (Wildman–Crippen MR) is 95.7 cm³/mol. The average Bonchev–Trinajstić information content (AvgIpc) is 2.53. The van der Waals surface area contributed by atoms with Crippen LogP contribution >= 0.6 is 35.0 Å². The lowest BCUT2D eigenvalue weighted by Crippen LogP contribution is -2.27. The number of thioether (sulfide) groups is 1. The fourth-order valence-electron chi connectivity index (χ4n) is 1.93. The minimum absolute atomic E-state index is 0.0632. The number of hydrogen-bond acceptors (Lipinski definition) is 2. The molecule has 0 fully saturated rings. The lowest BCUT2D eigenvalue weighted by atomic mass is 10.1. The molecular weight excluding hydrogens is 356 g/mol. The highest BCUT2D eigenvalue weighted by atomic mass is 35.5. The predicted octanol–water partition coefficient (Wildman–Crippen LogP) is 4.72. The van der Waals surface area contributed by atoms with E-state index in [-0.39, 0.29) is 18.1 Å². The van der Waals surface area contributed by atoms with Gasteiger partial charge < -0.3 is 5.32 Å². The van der Waals surface area contributed by atoms with Gasteiger partial charge in [-0.25, -0.2) is 4.39 Å². The molecule has 0 aliphatic heterocycles. The zero-order valence-electron chi connectivity index (χ0n) is 12.3. The summed E-state index contributed by atoms with van der Waals surface area (Å²) >= 11 is 13.5. The standard InChI is InChI=1S/C17H16Cl2FNOS/c18-15-6-3-13(9-16(15)19)11-23-8-7-21-17(22)10-12-1-4-14(20)5-2-12/h1-6,9H,7-8,10-11H2,(H,21,22). The lowest BCUT2D eigenvalue weighted by Gasteiger charge is -2.06. The van der Waals surface area contributed by atoms with Crippen molar-refractivity contribution < 1.29 is 9.18 Å². The second-order valence-electron chi connectivity index (χ2n) is 4.95. The van der Waals surface area contributed by atoms with Crippen LogP contribution in [0.3, 0.4) is 0 Å². The molecule has 0 aromatic heterocycles. The van der Waals surface area contributed by atoms with Crippen molar-refractivity contribution in [2.45, 2.75) is 12.2 Å². The van der Waals surface area contributed by atoms with E-state index in [0.29, 0.717) is 16.6 Å². The normalized spacial score (nSPS) is 10.6. The fourth-order valence-corrected chi connectivity index (χ4v) is 3.06. The first-order valence-electron chi connectivity index (χ1n) is 7.07. The Bertz CT molecular complexity index is 664. The van der Waals surface area contributed by atoms with Crippen LogP contribution in [0.2, 0.25) is 10.0 Å². The molecule has 2 rings (SSSR count). The quantitative estimate of drug-likeness (QED) is 0.713. The summed E-state index contributed by atoms with van der Waals surface area (Å²) in [7, 11) is 0. The van der Waals surface area contributed by atoms with Gasteiger partial charge in [-0.1, -0.05) is 41.4 Å². The maximum absolute atomic E-state index is 12.8. The van der Waals surface area contributed by atoms with Crippen LogP contribution in [-0.2, 0) is 17.0 Å². The molecule has 2 aromatic rings. The van der Waals surface area contributed by atoms with Crippen molar-refractivity contribution in [3.05, 3.63) is 69.5 Å². The smallest absolute Gasteiger partial charge is 0.224 e. The number of carbonyl (C=O) groups excluding carboxylic acids is 1. The van der Waals surface area contributed by atoms with E-state index in [1.165, 1.54) is 12.1 Å². The Labute approximate surface area is 149 Å². The van der Waals surface area contributed by atoms with E-state index in [4.69, 9.17) is 23.2 Å².